The number of carbonyl (C=O) groups excluding carboxylic acids is 1. The number of carbonyl (C=O) groups is 1. The number of esters is 1. The summed E-state index contributed by atoms with van der Waals surface area (Å²) in [7, 11) is 0. The van der Waals surface area contributed by atoms with E-state index >= 15 is 0 Å². The lowest BCUT2D eigenvalue weighted by atomic mass is 10.2. The molecular weight excluding hydrogens is 373 g/mol. The first-order chi connectivity index (χ1) is 14.1. The summed E-state index contributed by atoms with van der Waals surface area (Å²) in [5.74, 6) is 0.368. The molecule has 0 saturated heterocycles. The lowest BCUT2D eigenvalue weighted by Crippen LogP contribution is -2.10. The van der Waals surface area contributed by atoms with E-state index < -0.39 is 11.8 Å². The Kier molecular flexibility index (Phi) is 5.03. The molecule has 0 aliphatic rings. The summed E-state index contributed by atoms with van der Waals surface area (Å²) in [6.45, 7) is 1.68. The molecule has 0 atom stereocenters. The van der Waals surface area contributed by atoms with E-state index in [1.165, 1.54) is 16.9 Å². The molecule has 0 bridgehead atoms. The largest absolute Gasteiger partial charge is 0.439 e. The van der Waals surface area contributed by atoms with Gasteiger partial charge in [-0.05, 0) is 49.4 Å². The van der Waals surface area contributed by atoms with Gasteiger partial charge in [-0.3, -0.25) is 0 Å². The van der Waals surface area contributed by atoms with Crippen molar-refractivity contribution in [3.8, 4) is 23.1 Å². The molecular formula is C22H16FN3O3. The number of hydrogen-bond donors (Lipinski definition) is 0. The van der Waals surface area contributed by atoms with Crippen LogP contribution in [-0.2, 0) is 0 Å². The molecule has 0 N–H and O–H groups in total. The van der Waals surface area contributed by atoms with Crippen molar-refractivity contribution >= 4 is 5.97 Å². The number of rotatable bonds is 5. The van der Waals surface area contributed by atoms with Crippen molar-refractivity contribution in [2.75, 3.05) is 0 Å². The predicted molar refractivity (Wildman–Crippen MR) is 104 cm³/mol. The van der Waals surface area contributed by atoms with Crippen molar-refractivity contribution in [1.29, 1.82) is 0 Å². The van der Waals surface area contributed by atoms with Crippen LogP contribution in [0.15, 0.2) is 79.1 Å². The van der Waals surface area contributed by atoms with E-state index in [1.807, 2.05) is 6.07 Å². The number of hydrogen-bond acceptors (Lipinski definition) is 5. The number of benzene rings is 2. The molecule has 7 heteroatoms. The predicted octanol–water partition coefficient (Wildman–Crippen LogP) is 4.73. The molecule has 0 unspecified atom stereocenters. The minimum absolute atomic E-state index is 0.252. The summed E-state index contributed by atoms with van der Waals surface area (Å²) < 4.78 is 26.4. The molecule has 144 valence electrons. The van der Waals surface area contributed by atoms with Crippen molar-refractivity contribution in [2.45, 2.75) is 6.92 Å². The Morgan fingerprint density at radius 1 is 0.966 bits per heavy atom. The van der Waals surface area contributed by atoms with Crippen LogP contribution in [0, 0.1) is 12.7 Å². The monoisotopic (exact) mass is 389 g/mol. The van der Waals surface area contributed by atoms with Crippen LogP contribution in [0.5, 0.6) is 17.4 Å². The van der Waals surface area contributed by atoms with Gasteiger partial charge in [-0.1, -0.05) is 18.2 Å². The molecule has 6 nitrogen and oxygen atoms in total. The molecule has 0 saturated carbocycles. The molecule has 2 aromatic heterocycles. The fourth-order valence-corrected chi connectivity index (χ4v) is 2.74. The van der Waals surface area contributed by atoms with E-state index in [9.17, 15) is 9.18 Å². The fourth-order valence-electron chi connectivity index (χ4n) is 2.74. The molecule has 4 aromatic rings. The summed E-state index contributed by atoms with van der Waals surface area (Å²) >= 11 is 0. The Morgan fingerprint density at radius 3 is 2.41 bits per heavy atom. The molecule has 0 fully saturated rings. The average Bonchev–Trinajstić information content (AvgIpc) is 3.12. The van der Waals surface area contributed by atoms with E-state index in [4.69, 9.17) is 9.47 Å². The lowest BCUT2D eigenvalue weighted by molar-refractivity contribution is 0.0734. The summed E-state index contributed by atoms with van der Waals surface area (Å²) in [5.41, 5.74) is 0.998. The van der Waals surface area contributed by atoms with Crippen molar-refractivity contribution in [1.82, 2.24) is 14.8 Å². The fraction of sp³-hybridized carbons (Fsp3) is 0.0455. The van der Waals surface area contributed by atoms with Crippen LogP contribution in [0.25, 0.3) is 5.69 Å². The smallest absolute Gasteiger partial charge is 0.347 e. The van der Waals surface area contributed by atoms with Gasteiger partial charge in [-0.2, -0.15) is 5.10 Å². The van der Waals surface area contributed by atoms with Gasteiger partial charge in [-0.25, -0.2) is 18.9 Å². The highest BCUT2D eigenvalue weighted by molar-refractivity contribution is 5.92. The maximum atomic E-state index is 14.0. The standard InChI is InChI=1S/C22H16FN3O3/c1-15-18(14-25-26(15)20-7-3-2-6-19(20)23)22(27)29-17-11-9-16(10-12-17)28-21-8-4-5-13-24-21/h2-14H,1H3. The first-order valence-corrected chi connectivity index (χ1v) is 8.82. The molecule has 0 aliphatic carbocycles. The van der Waals surface area contributed by atoms with Crippen molar-refractivity contribution in [2.24, 2.45) is 0 Å². The zero-order valence-electron chi connectivity index (χ0n) is 15.4. The zero-order valence-corrected chi connectivity index (χ0v) is 15.4. The Balaban J connectivity index is 1.48. The summed E-state index contributed by atoms with van der Waals surface area (Å²) in [6.07, 6.45) is 3.00. The van der Waals surface area contributed by atoms with E-state index in [0.29, 0.717) is 23.1 Å². The van der Waals surface area contributed by atoms with Crippen LogP contribution in [0.1, 0.15) is 16.1 Å². The molecule has 0 aliphatic heterocycles. The van der Waals surface area contributed by atoms with Crippen molar-refractivity contribution < 1.29 is 18.7 Å². The number of ether oxygens (including phenoxy) is 2. The van der Waals surface area contributed by atoms with E-state index in [-0.39, 0.29) is 11.3 Å². The highest BCUT2D eigenvalue weighted by atomic mass is 19.1. The second-order valence-corrected chi connectivity index (χ2v) is 6.14. The van der Waals surface area contributed by atoms with Crippen LogP contribution >= 0.6 is 0 Å². The van der Waals surface area contributed by atoms with E-state index in [1.54, 1.807) is 67.7 Å². The van der Waals surface area contributed by atoms with Crippen LogP contribution in [0.3, 0.4) is 0 Å². The molecule has 4 rings (SSSR count). The van der Waals surface area contributed by atoms with Gasteiger partial charge < -0.3 is 9.47 Å². The summed E-state index contributed by atoms with van der Waals surface area (Å²) in [5, 5.41) is 4.12. The topological polar surface area (TPSA) is 66.2 Å². The maximum absolute atomic E-state index is 14.0. The molecule has 0 spiro atoms. The first kappa shape index (κ1) is 18.4. The number of aromatic nitrogens is 3. The first-order valence-electron chi connectivity index (χ1n) is 8.82. The SMILES string of the molecule is Cc1c(C(=O)Oc2ccc(Oc3ccccn3)cc2)cnn1-c1ccccc1F. The maximum Gasteiger partial charge on any atom is 0.347 e. The van der Waals surface area contributed by atoms with Crippen LogP contribution < -0.4 is 9.47 Å². The van der Waals surface area contributed by atoms with Crippen LogP contribution in [0.4, 0.5) is 4.39 Å². The van der Waals surface area contributed by atoms with Gasteiger partial charge >= 0.3 is 5.97 Å². The Hall–Kier alpha value is -4.00. The molecule has 0 amide bonds. The molecule has 2 aromatic carbocycles. The third kappa shape index (κ3) is 3.98. The number of para-hydroxylation sites is 1. The van der Waals surface area contributed by atoms with Crippen LogP contribution in [0.2, 0.25) is 0 Å². The summed E-state index contributed by atoms with van der Waals surface area (Å²) in [4.78, 5) is 16.6. The second kappa shape index (κ2) is 7.93. The minimum atomic E-state index is -0.580. The Morgan fingerprint density at radius 2 is 1.69 bits per heavy atom. The zero-order chi connectivity index (χ0) is 20.2. The Labute approximate surface area is 166 Å². The Bertz CT molecular complexity index is 1140. The van der Waals surface area contributed by atoms with Gasteiger partial charge in [0.25, 0.3) is 0 Å². The van der Waals surface area contributed by atoms with E-state index in [0.717, 1.165) is 0 Å². The highest BCUT2D eigenvalue weighted by Crippen LogP contribution is 2.23. The molecule has 0 radical (unpaired) electrons. The van der Waals surface area contributed by atoms with E-state index in [2.05, 4.69) is 10.1 Å². The lowest BCUT2D eigenvalue weighted by Gasteiger charge is -2.08. The van der Waals surface area contributed by atoms with Crippen molar-refractivity contribution in [3.63, 3.8) is 0 Å². The number of pyridine rings is 1. The average molecular weight is 389 g/mol. The third-order valence-electron chi connectivity index (χ3n) is 4.20. The summed E-state index contributed by atoms with van der Waals surface area (Å²) in [6, 6.07) is 18.2. The normalized spacial score (nSPS) is 10.6. The van der Waals surface area contributed by atoms with Gasteiger partial charge in [-0.15, -0.1) is 0 Å². The second-order valence-electron chi connectivity index (χ2n) is 6.14. The molecule has 2 heterocycles. The number of halogens is 1. The quantitative estimate of drug-likeness (QED) is 0.365. The van der Waals surface area contributed by atoms with Gasteiger partial charge in [0.2, 0.25) is 5.88 Å². The minimum Gasteiger partial charge on any atom is -0.439 e. The van der Waals surface area contributed by atoms with Gasteiger partial charge in [0, 0.05) is 12.3 Å². The van der Waals surface area contributed by atoms with Crippen molar-refractivity contribution in [3.05, 3.63) is 96.2 Å². The van der Waals surface area contributed by atoms with Gasteiger partial charge in [0.05, 0.1) is 11.9 Å². The third-order valence-corrected chi connectivity index (χ3v) is 4.20. The number of nitrogens with zero attached hydrogens (tertiary/aromatic N) is 3. The molecule has 29 heavy (non-hydrogen) atoms. The van der Waals surface area contributed by atoms with Crippen LogP contribution in [-0.4, -0.2) is 20.7 Å². The van der Waals surface area contributed by atoms with Gasteiger partial charge in [0.1, 0.15) is 28.6 Å². The highest BCUT2D eigenvalue weighted by Gasteiger charge is 2.18. The van der Waals surface area contributed by atoms with Gasteiger partial charge in [0.15, 0.2) is 0 Å².